The molecule has 4 heteroatoms. The maximum absolute atomic E-state index is 6.04. The molecule has 0 amide bonds. The number of halogens is 1. The number of aryl methyl sites for hydroxylation is 4. The van der Waals surface area contributed by atoms with E-state index in [1.165, 1.54) is 11.1 Å². The molecule has 0 aliphatic rings. The SMILES string of the molecule is Cc1cccc(CCn2c(CCl)nc3ccc(C)nc32)c1. The van der Waals surface area contributed by atoms with Crippen molar-refractivity contribution in [1.82, 2.24) is 14.5 Å². The molecule has 108 valence electrons. The molecule has 3 rings (SSSR count). The Morgan fingerprint density at radius 3 is 2.71 bits per heavy atom. The Balaban J connectivity index is 1.93. The molecule has 0 N–H and O–H groups in total. The van der Waals surface area contributed by atoms with Gasteiger partial charge in [-0.05, 0) is 38.0 Å². The van der Waals surface area contributed by atoms with Gasteiger partial charge in [0.2, 0.25) is 0 Å². The summed E-state index contributed by atoms with van der Waals surface area (Å²) in [6.45, 7) is 4.96. The van der Waals surface area contributed by atoms with Crippen LogP contribution in [0.5, 0.6) is 0 Å². The lowest BCUT2D eigenvalue weighted by Gasteiger charge is -2.08. The monoisotopic (exact) mass is 299 g/mol. The summed E-state index contributed by atoms with van der Waals surface area (Å²) in [4.78, 5) is 9.19. The topological polar surface area (TPSA) is 30.7 Å². The summed E-state index contributed by atoms with van der Waals surface area (Å²) in [5.74, 6) is 1.29. The van der Waals surface area contributed by atoms with E-state index in [2.05, 4.69) is 45.7 Å². The van der Waals surface area contributed by atoms with Gasteiger partial charge in [-0.25, -0.2) is 9.97 Å². The number of imidazole rings is 1. The van der Waals surface area contributed by atoms with Gasteiger partial charge in [0.15, 0.2) is 5.65 Å². The van der Waals surface area contributed by atoms with Crippen LogP contribution in [0.4, 0.5) is 0 Å². The second-order valence-electron chi connectivity index (χ2n) is 5.35. The number of rotatable bonds is 4. The highest BCUT2D eigenvalue weighted by Crippen LogP contribution is 2.17. The van der Waals surface area contributed by atoms with Gasteiger partial charge in [-0.2, -0.15) is 0 Å². The van der Waals surface area contributed by atoms with Gasteiger partial charge in [0.25, 0.3) is 0 Å². The molecule has 0 saturated heterocycles. The van der Waals surface area contributed by atoms with Crippen molar-refractivity contribution in [2.75, 3.05) is 0 Å². The zero-order valence-corrected chi connectivity index (χ0v) is 13.1. The molecule has 2 heterocycles. The number of benzene rings is 1. The number of fused-ring (bicyclic) bond motifs is 1. The van der Waals surface area contributed by atoms with Crippen molar-refractivity contribution in [1.29, 1.82) is 0 Å². The number of pyridine rings is 1. The van der Waals surface area contributed by atoms with Gasteiger partial charge in [0, 0.05) is 12.2 Å². The average molecular weight is 300 g/mol. The maximum Gasteiger partial charge on any atom is 0.160 e. The fraction of sp³-hybridized carbons (Fsp3) is 0.294. The van der Waals surface area contributed by atoms with Crippen LogP contribution in [-0.2, 0) is 18.8 Å². The van der Waals surface area contributed by atoms with Gasteiger partial charge in [-0.15, -0.1) is 11.6 Å². The predicted octanol–water partition coefficient (Wildman–Crippen LogP) is 4.03. The molecule has 0 saturated carbocycles. The maximum atomic E-state index is 6.04. The lowest BCUT2D eigenvalue weighted by Crippen LogP contribution is -2.06. The van der Waals surface area contributed by atoms with Crippen LogP contribution in [0.15, 0.2) is 36.4 Å². The lowest BCUT2D eigenvalue weighted by atomic mass is 10.1. The van der Waals surface area contributed by atoms with Crippen LogP contribution >= 0.6 is 11.6 Å². The molecule has 21 heavy (non-hydrogen) atoms. The van der Waals surface area contributed by atoms with Crippen molar-refractivity contribution in [3.63, 3.8) is 0 Å². The minimum atomic E-state index is 0.406. The van der Waals surface area contributed by atoms with Crippen molar-refractivity contribution in [3.05, 3.63) is 59.0 Å². The standard InChI is InChI=1S/C17H18ClN3/c1-12-4-3-5-14(10-12)8-9-21-16(11-18)20-15-7-6-13(2)19-17(15)21/h3-7,10H,8-9,11H2,1-2H3. The molecule has 0 spiro atoms. The van der Waals surface area contributed by atoms with Crippen LogP contribution in [0.1, 0.15) is 22.6 Å². The molecule has 3 nitrogen and oxygen atoms in total. The highest BCUT2D eigenvalue weighted by molar-refractivity contribution is 6.16. The summed E-state index contributed by atoms with van der Waals surface area (Å²) in [7, 11) is 0. The molecule has 3 aromatic rings. The Hall–Kier alpha value is -1.87. The van der Waals surface area contributed by atoms with Gasteiger partial charge >= 0.3 is 0 Å². The Labute approximate surface area is 129 Å². The van der Waals surface area contributed by atoms with Gasteiger partial charge < -0.3 is 4.57 Å². The number of alkyl halides is 1. The van der Waals surface area contributed by atoms with Crippen molar-refractivity contribution in [2.24, 2.45) is 0 Å². The van der Waals surface area contributed by atoms with Crippen LogP contribution < -0.4 is 0 Å². The van der Waals surface area contributed by atoms with Crippen LogP contribution in [-0.4, -0.2) is 14.5 Å². The van der Waals surface area contributed by atoms with Gasteiger partial charge in [0.1, 0.15) is 11.3 Å². The largest absolute Gasteiger partial charge is 0.311 e. The fourth-order valence-corrected chi connectivity index (χ4v) is 2.79. The first-order chi connectivity index (χ1) is 10.2. The van der Waals surface area contributed by atoms with E-state index in [1.807, 2.05) is 19.1 Å². The summed E-state index contributed by atoms with van der Waals surface area (Å²) >= 11 is 6.04. The minimum absolute atomic E-state index is 0.406. The first kappa shape index (κ1) is 14.1. The molecule has 0 unspecified atom stereocenters. The molecule has 1 aromatic carbocycles. The normalized spacial score (nSPS) is 11.2. The first-order valence-corrected chi connectivity index (χ1v) is 7.65. The van der Waals surface area contributed by atoms with Crippen molar-refractivity contribution in [2.45, 2.75) is 32.7 Å². The summed E-state index contributed by atoms with van der Waals surface area (Å²) in [6.07, 6.45) is 0.951. The van der Waals surface area contributed by atoms with E-state index in [1.54, 1.807) is 0 Å². The molecule has 0 radical (unpaired) electrons. The Morgan fingerprint density at radius 2 is 1.95 bits per heavy atom. The second kappa shape index (κ2) is 5.86. The van der Waals surface area contributed by atoms with E-state index in [0.717, 1.165) is 35.6 Å². The number of hydrogen-bond acceptors (Lipinski definition) is 2. The smallest absolute Gasteiger partial charge is 0.160 e. The molecule has 0 fully saturated rings. The van der Waals surface area contributed by atoms with Gasteiger partial charge in [0.05, 0.1) is 5.88 Å². The molecule has 0 atom stereocenters. The third kappa shape index (κ3) is 2.93. The van der Waals surface area contributed by atoms with Crippen LogP contribution in [0.25, 0.3) is 11.2 Å². The number of hydrogen-bond donors (Lipinski definition) is 0. The molecular weight excluding hydrogens is 282 g/mol. The average Bonchev–Trinajstić information content (AvgIpc) is 2.82. The van der Waals surface area contributed by atoms with Crippen LogP contribution in [0.2, 0.25) is 0 Å². The summed E-state index contributed by atoms with van der Waals surface area (Å²) in [5, 5.41) is 0. The van der Waals surface area contributed by atoms with E-state index in [0.29, 0.717) is 5.88 Å². The molecule has 0 bridgehead atoms. The highest BCUT2D eigenvalue weighted by atomic mass is 35.5. The highest BCUT2D eigenvalue weighted by Gasteiger charge is 2.11. The Bertz CT molecular complexity index is 777. The summed E-state index contributed by atoms with van der Waals surface area (Å²) in [6, 6.07) is 12.6. The second-order valence-corrected chi connectivity index (χ2v) is 5.61. The fourth-order valence-electron chi connectivity index (χ4n) is 2.59. The lowest BCUT2D eigenvalue weighted by molar-refractivity contribution is 0.681. The molecule has 0 aliphatic heterocycles. The van der Waals surface area contributed by atoms with Crippen molar-refractivity contribution >= 4 is 22.8 Å². The molecule has 2 aromatic heterocycles. The third-order valence-corrected chi connectivity index (χ3v) is 3.88. The summed E-state index contributed by atoms with van der Waals surface area (Å²) in [5.41, 5.74) is 5.46. The third-order valence-electron chi connectivity index (χ3n) is 3.64. The van der Waals surface area contributed by atoms with E-state index < -0.39 is 0 Å². The van der Waals surface area contributed by atoms with E-state index in [9.17, 15) is 0 Å². The molecule has 0 aliphatic carbocycles. The van der Waals surface area contributed by atoms with Crippen LogP contribution in [0.3, 0.4) is 0 Å². The molecular formula is C17H18ClN3. The first-order valence-electron chi connectivity index (χ1n) is 7.11. The Kier molecular flexibility index (Phi) is 3.93. The Morgan fingerprint density at radius 1 is 1.10 bits per heavy atom. The number of aromatic nitrogens is 3. The number of nitrogens with zero attached hydrogens (tertiary/aromatic N) is 3. The van der Waals surface area contributed by atoms with Crippen molar-refractivity contribution < 1.29 is 0 Å². The quantitative estimate of drug-likeness (QED) is 0.681. The van der Waals surface area contributed by atoms with Gasteiger partial charge in [-0.3, -0.25) is 0 Å². The zero-order chi connectivity index (χ0) is 14.8. The van der Waals surface area contributed by atoms with Gasteiger partial charge in [-0.1, -0.05) is 29.8 Å². The van der Waals surface area contributed by atoms with E-state index in [-0.39, 0.29) is 0 Å². The summed E-state index contributed by atoms with van der Waals surface area (Å²) < 4.78 is 2.14. The minimum Gasteiger partial charge on any atom is -0.311 e. The van der Waals surface area contributed by atoms with E-state index >= 15 is 0 Å². The predicted molar refractivity (Wildman–Crippen MR) is 86.7 cm³/mol. The zero-order valence-electron chi connectivity index (χ0n) is 12.3. The van der Waals surface area contributed by atoms with E-state index in [4.69, 9.17) is 11.6 Å². The van der Waals surface area contributed by atoms with Crippen molar-refractivity contribution in [3.8, 4) is 0 Å². The van der Waals surface area contributed by atoms with Crippen LogP contribution in [0, 0.1) is 13.8 Å².